The molecule has 0 saturated heterocycles. The normalized spacial score (nSPS) is 13.5. The van der Waals surface area contributed by atoms with Gasteiger partial charge in [0.2, 0.25) is 0 Å². The van der Waals surface area contributed by atoms with Gasteiger partial charge in [-0.3, -0.25) is 0 Å². The lowest BCUT2D eigenvalue weighted by Crippen LogP contribution is -2.30. The summed E-state index contributed by atoms with van der Waals surface area (Å²) in [6.45, 7) is 2.63. The standard InChI is InChI=1S/C18H23NO3S/c1-13(19-12-16(20)14-6-4-3-5-7-14)8-9-15-10-11-17(23-15)18(21)22-2/h3-7,10-11,13,16,19-20H,8-9,12H2,1-2H3/t13-,16+/m0/s1. The molecule has 2 rings (SSSR count). The Balaban J connectivity index is 1.74. The molecule has 0 radical (unpaired) electrons. The molecular weight excluding hydrogens is 310 g/mol. The Morgan fingerprint density at radius 2 is 2.00 bits per heavy atom. The predicted molar refractivity (Wildman–Crippen MR) is 92.8 cm³/mol. The average molecular weight is 333 g/mol. The molecule has 1 heterocycles. The first kappa shape index (κ1) is 17.7. The number of aryl methyl sites for hydroxylation is 1. The summed E-state index contributed by atoms with van der Waals surface area (Å²) in [6, 6.07) is 13.7. The topological polar surface area (TPSA) is 58.6 Å². The summed E-state index contributed by atoms with van der Waals surface area (Å²) >= 11 is 1.48. The fraction of sp³-hybridized carbons (Fsp3) is 0.389. The second-order valence-electron chi connectivity index (χ2n) is 5.53. The summed E-state index contributed by atoms with van der Waals surface area (Å²) in [7, 11) is 1.39. The minimum atomic E-state index is -0.494. The Morgan fingerprint density at radius 3 is 2.70 bits per heavy atom. The van der Waals surface area contributed by atoms with Crippen molar-refractivity contribution in [1.82, 2.24) is 5.32 Å². The van der Waals surface area contributed by atoms with E-state index in [1.165, 1.54) is 23.3 Å². The van der Waals surface area contributed by atoms with Crippen LogP contribution in [0.4, 0.5) is 0 Å². The summed E-state index contributed by atoms with van der Waals surface area (Å²) in [6.07, 6.45) is 1.35. The lowest BCUT2D eigenvalue weighted by Gasteiger charge is -2.17. The van der Waals surface area contributed by atoms with E-state index in [2.05, 4.69) is 12.2 Å². The smallest absolute Gasteiger partial charge is 0.348 e. The largest absolute Gasteiger partial charge is 0.465 e. The van der Waals surface area contributed by atoms with Crippen LogP contribution in [-0.4, -0.2) is 30.8 Å². The number of aliphatic hydroxyl groups excluding tert-OH is 1. The number of methoxy groups -OCH3 is 1. The van der Waals surface area contributed by atoms with Gasteiger partial charge in [0.05, 0.1) is 13.2 Å². The molecule has 0 spiro atoms. The van der Waals surface area contributed by atoms with E-state index in [9.17, 15) is 9.90 Å². The summed E-state index contributed by atoms with van der Waals surface area (Å²) < 4.78 is 4.71. The number of nitrogens with one attached hydrogen (secondary N) is 1. The van der Waals surface area contributed by atoms with Crippen molar-refractivity contribution in [2.75, 3.05) is 13.7 Å². The molecule has 0 fully saturated rings. The Labute approximate surface area is 141 Å². The monoisotopic (exact) mass is 333 g/mol. The van der Waals surface area contributed by atoms with Crippen molar-refractivity contribution in [3.05, 3.63) is 57.8 Å². The highest BCUT2D eigenvalue weighted by Crippen LogP contribution is 2.19. The fourth-order valence-corrected chi connectivity index (χ4v) is 3.23. The van der Waals surface area contributed by atoms with Crippen LogP contribution < -0.4 is 5.32 Å². The van der Waals surface area contributed by atoms with Crippen molar-refractivity contribution < 1.29 is 14.6 Å². The van der Waals surface area contributed by atoms with Crippen LogP contribution in [0.1, 0.15) is 39.6 Å². The lowest BCUT2D eigenvalue weighted by atomic mass is 10.1. The molecule has 2 N–H and O–H groups in total. The van der Waals surface area contributed by atoms with Crippen molar-refractivity contribution in [2.24, 2.45) is 0 Å². The number of carbonyl (C=O) groups is 1. The number of hydrogen-bond donors (Lipinski definition) is 2. The molecule has 0 aliphatic rings. The number of benzene rings is 1. The first-order valence-electron chi connectivity index (χ1n) is 7.73. The third-order valence-corrected chi connectivity index (χ3v) is 4.84. The van der Waals surface area contributed by atoms with Crippen LogP contribution in [0.25, 0.3) is 0 Å². The van der Waals surface area contributed by atoms with Gasteiger partial charge in [0.1, 0.15) is 4.88 Å². The van der Waals surface area contributed by atoms with Gasteiger partial charge in [-0.2, -0.15) is 0 Å². The van der Waals surface area contributed by atoms with E-state index in [1.807, 2.05) is 42.5 Å². The molecule has 4 nitrogen and oxygen atoms in total. The Bertz CT molecular complexity index is 612. The molecule has 23 heavy (non-hydrogen) atoms. The zero-order valence-electron chi connectivity index (χ0n) is 13.5. The van der Waals surface area contributed by atoms with E-state index < -0.39 is 6.10 Å². The van der Waals surface area contributed by atoms with Crippen LogP contribution in [0.5, 0.6) is 0 Å². The van der Waals surface area contributed by atoms with E-state index in [-0.39, 0.29) is 12.0 Å². The first-order chi connectivity index (χ1) is 11.1. The molecule has 0 bridgehead atoms. The van der Waals surface area contributed by atoms with Crippen LogP contribution in [0.15, 0.2) is 42.5 Å². The van der Waals surface area contributed by atoms with Gasteiger partial charge < -0.3 is 15.2 Å². The van der Waals surface area contributed by atoms with E-state index in [4.69, 9.17) is 4.74 Å². The predicted octanol–water partition coefficient (Wildman–Crippen LogP) is 3.18. The van der Waals surface area contributed by atoms with Gasteiger partial charge in [0, 0.05) is 17.5 Å². The maximum atomic E-state index is 11.4. The number of aliphatic hydroxyl groups is 1. The fourth-order valence-electron chi connectivity index (χ4n) is 2.29. The molecule has 5 heteroatoms. The zero-order chi connectivity index (χ0) is 16.7. The second kappa shape index (κ2) is 8.82. The Morgan fingerprint density at radius 1 is 1.26 bits per heavy atom. The molecule has 0 saturated carbocycles. The minimum Gasteiger partial charge on any atom is -0.465 e. The van der Waals surface area contributed by atoms with E-state index >= 15 is 0 Å². The molecular formula is C18H23NO3S. The van der Waals surface area contributed by atoms with E-state index in [0.29, 0.717) is 11.4 Å². The van der Waals surface area contributed by atoms with Gasteiger partial charge in [-0.15, -0.1) is 11.3 Å². The highest BCUT2D eigenvalue weighted by Gasteiger charge is 2.11. The molecule has 1 aromatic heterocycles. The minimum absolute atomic E-state index is 0.279. The van der Waals surface area contributed by atoms with Crippen LogP contribution in [0, 0.1) is 0 Å². The van der Waals surface area contributed by atoms with Crippen LogP contribution in [0.3, 0.4) is 0 Å². The second-order valence-corrected chi connectivity index (χ2v) is 6.70. The Kier molecular flexibility index (Phi) is 6.77. The molecule has 2 aromatic rings. The molecule has 1 aromatic carbocycles. The van der Waals surface area contributed by atoms with Crippen LogP contribution in [0.2, 0.25) is 0 Å². The highest BCUT2D eigenvalue weighted by molar-refractivity contribution is 7.13. The van der Waals surface area contributed by atoms with Gasteiger partial charge in [-0.05, 0) is 37.5 Å². The number of esters is 1. The van der Waals surface area contributed by atoms with Crippen molar-refractivity contribution in [1.29, 1.82) is 0 Å². The molecule has 0 aliphatic carbocycles. The van der Waals surface area contributed by atoms with Crippen molar-refractivity contribution in [3.63, 3.8) is 0 Å². The van der Waals surface area contributed by atoms with Crippen molar-refractivity contribution in [2.45, 2.75) is 31.9 Å². The molecule has 2 atom stereocenters. The number of thiophene rings is 1. The summed E-state index contributed by atoms with van der Waals surface area (Å²) in [5.74, 6) is -0.279. The maximum absolute atomic E-state index is 11.4. The lowest BCUT2D eigenvalue weighted by molar-refractivity contribution is 0.0606. The van der Waals surface area contributed by atoms with Gasteiger partial charge >= 0.3 is 5.97 Å². The number of carbonyl (C=O) groups excluding carboxylic acids is 1. The average Bonchev–Trinajstić information content (AvgIpc) is 3.07. The summed E-state index contributed by atoms with van der Waals surface area (Å²) in [5, 5.41) is 13.5. The highest BCUT2D eigenvalue weighted by atomic mass is 32.1. The molecule has 124 valence electrons. The third-order valence-electron chi connectivity index (χ3n) is 3.72. The van der Waals surface area contributed by atoms with Gasteiger partial charge in [-0.1, -0.05) is 30.3 Å². The van der Waals surface area contributed by atoms with E-state index in [0.717, 1.165) is 18.4 Å². The Hall–Kier alpha value is -1.69. The molecule has 0 amide bonds. The summed E-state index contributed by atoms with van der Waals surface area (Å²) in [4.78, 5) is 13.2. The van der Waals surface area contributed by atoms with Crippen molar-refractivity contribution in [3.8, 4) is 0 Å². The molecule has 0 aliphatic heterocycles. The third kappa shape index (κ3) is 5.46. The quantitative estimate of drug-likeness (QED) is 0.729. The SMILES string of the molecule is COC(=O)c1ccc(CC[C@H](C)NC[C@@H](O)c2ccccc2)s1. The maximum Gasteiger partial charge on any atom is 0.348 e. The summed E-state index contributed by atoms with van der Waals surface area (Å²) in [5.41, 5.74) is 0.924. The van der Waals surface area contributed by atoms with E-state index in [1.54, 1.807) is 0 Å². The number of hydrogen-bond acceptors (Lipinski definition) is 5. The van der Waals surface area contributed by atoms with Crippen LogP contribution in [-0.2, 0) is 11.2 Å². The van der Waals surface area contributed by atoms with Crippen molar-refractivity contribution >= 4 is 17.3 Å². The zero-order valence-corrected chi connectivity index (χ0v) is 14.3. The first-order valence-corrected chi connectivity index (χ1v) is 8.55. The van der Waals surface area contributed by atoms with Gasteiger partial charge in [0.15, 0.2) is 0 Å². The molecule has 0 unspecified atom stereocenters. The van der Waals surface area contributed by atoms with Gasteiger partial charge in [0.25, 0.3) is 0 Å². The number of ether oxygens (including phenoxy) is 1. The van der Waals surface area contributed by atoms with Gasteiger partial charge in [-0.25, -0.2) is 4.79 Å². The van der Waals surface area contributed by atoms with Crippen LogP contribution >= 0.6 is 11.3 Å². The number of rotatable bonds is 8.